The number of hydrogen-bond acceptors (Lipinski definition) is 5. The predicted octanol–water partition coefficient (Wildman–Crippen LogP) is 4.42. The van der Waals surface area contributed by atoms with Gasteiger partial charge in [0.05, 0.1) is 17.8 Å². The Morgan fingerprint density at radius 3 is 2.58 bits per heavy atom. The first-order valence-corrected chi connectivity index (χ1v) is 9.73. The highest BCUT2D eigenvalue weighted by Gasteiger charge is 2.32. The van der Waals surface area contributed by atoms with Crippen LogP contribution in [0.4, 0.5) is 13.2 Å². The van der Waals surface area contributed by atoms with Crippen LogP contribution >= 0.6 is 0 Å². The van der Waals surface area contributed by atoms with Crippen LogP contribution in [0.1, 0.15) is 35.8 Å². The minimum Gasteiger partial charge on any atom is -0.406 e. The molecule has 1 N–H and O–H groups in total. The molecule has 158 valence electrons. The van der Waals surface area contributed by atoms with Gasteiger partial charge in [-0.25, -0.2) is 9.67 Å². The molecule has 0 radical (unpaired) electrons. The first kappa shape index (κ1) is 19.3. The quantitative estimate of drug-likeness (QED) is 0.523. The minimum atomic E-state index is -4.74. The number of aromatic nitrogens is 6. The average molecular weight is 426 g/mol. The van der Waals surface area contributed by atoms with Gasteiger partial charge in [-0.15, -0.1) is 18.3 Å². The van der Waals surface area contributed by atoms with Gasteiger partial charge in [-0.05, 0) is 61.2 Å². The molecule has 3 aromatic heterocycles. The maximum atomic E-state index is 12.5. The molecule has 0 spiro atoms. The van der Waals surface area contributed by atoms with E-state index in [1.54, 1.807) is 17.1 Å². The van der Waals surface area contributed by atoms with Crippen molar-refractivity contribution in [3.8, 4) is 22.8 Å². The lowest BCUT2D eigenvalue weighted by Gasteiger charge is -2.21. The number of alkyl halides is 3. The number of fused-ring (bicyclic) bond motifs is 1. The Kier molecular flexibility index (Phi) is 4.68. The van der Waals surface area contributed by atoms with E-state index in [9.17, 15) is 13.2 Å². The lowest BCUT2D eigenvalue weighted by molar-refractivity contribution is -0.274. The number of nitrogens with zero attached hydrogens (tertiary/aromatic N) is 5. The topological polar surface area (TPSA) is 81.5 Å². The maximum Gasteiger partial charge on any atom is 0.573 e. The number of H-pyrrole nitrogens is 1. The summed E-state index contributed by atoms with van der Waals surface area (Å²) in [6, 6.07) is 9.22. The Morgan fingerprint density at radius 2 is 1.84 bits per heavy atom. The highest BCUT2D eigenvalue weighted by Crippen LogP contribution is 2.36. The Bertz CT molecular complexity index is 1180. The van der Waals surface area contributed by atoms with Gasteiger partial charge in [0.2, 0.25) is 0 Å². The van der Waals surface area contributed by atoms with Crippen molar-refractivity contribution in [2.75, 3.05) is 0 Å². The zero-order chi connectivity index (χ0) is 21.4. The number of pyridine rings is 1. The fourth-order valence-electron chi connectivity index (χ4n) is 3.87. The number of halogens is 3. The van der Waals surface area contributed by atoms with Crippen molar-refractivity contribution in [1.29, 1.82) is 0 Å². The Morgan fingerprint density at radius 1 is 1.06 bits per heavy atom. The molecule has 7 nitrogen and oxygen atoms in total. The van der Waals surface area contributed by atoms with E-state index >= 15 is 0 Å². The molecule has 3 heterocycles. The normalized spacial score (nSPS) is 16.2. The highest BCUT2D eigenvalue weighted by molar-refractivity contribution is 5.54. The van der Waals surface area contributed by atoms with Gasteiger partial charge in [0.25, 0.3) is 0 Å². The van der Waals surface area contributed by atoms with E-state index in [2.05, 4.69) is 25.0 Å². The Labute approximate surface area is 174 Å². The molecule has 10 heteroatoms. The van der Waals surface area contributed by atoms with E-state index < -0.39 is 6.36 Å². The maximum absolute atomic E-state index is 12.5. The third-order valence-corrected chi connectivity index (χ3v) is 5.24. The van der Waals surface area contributed by atoms with Crippen molar-refractivity contribution < 1.29 is 17.9 Å². The Hall–Kier alpha value is -3.69. The van der Waals surface area contributed by atoms with Crippen LogP contribution in [0, 0.1) is 0 Å². The van der Waals surface area contributed by atoms with E-state index in [0.717, 1.165) is 36.1 Å². The zero-order valence-electron chi connectivity index (χ0n) is 16.2. The number of ether oxygens (including phenoxy) is 1. The average Bonchev–Trinajstić information content (AvgIpc) is 3.41. The van der Waals surface area contributed by atoms with Crippen LogP contribution < -0.4 is 4.74 Å². The summed E-state index contributed by atoms with van der Waals surface area (Å²) in [7, 11) is 0. The molecule has 0 fully saturated rings. The molecule has 1 unspecified atom stereocenters. The summed E-state index contributed by atoms with van der Waals surface area (Å²) in [5, 5.41) is 11.9. The van der Waals surface area contributed by atoms with Crippen molar-refractivity contribution in [2.24, 2.45) is 0 Å². The molecular weight excluding hydrogens is 409 g/mol. The van der Waals surface area contributed by atoms with Crippen LogP contribution in [0.5, 0.6) is 5.75 Å². The fraction of sp³-hybridized carbons (Fsp3) is 0.238. The molecule has 31 heavy (non-hydrogen) atoms. The smallest absolute Gasteiger partial charge is 0.406 e. The van der Waals surface area contributed by atoms with Gasteiger partial charge in [-0.1, -0.05) is 0 Å². The number of nitrogens with one attached hydrogen (secondary N) is 1. The van der Waals surface area contributed by atoms with Crippen LogP contribution in [0.15, 0.2) is 55.0 Å². The minimum absolute atomic E-state index is 0.0551. The second-order valence-corrected chi connectivity index (χ2v) is 7.24. The summed E-state index contributed by atoms with van der Waals surface area (Å²) in [6.45, 7) is 0. The first-order valence-electron chi connectivity index (χ1n) is 9.73. The van der Waals surface area contributed by atoms with Gasteiger partial charge >= 0.3 is 6.36 Å². The standard InChI is InChI=1S/C21H17F3N6O/c22-21(23,24)31-16-6-4-15(5-7-16)30-20(17-3-1-2-14-12-26-28-18(14)17)27-19(29-30)13-8-10-25-11-9-13/h4-12,17H,1-3H2,(H,26,28). The van der Waals surface area contributed by atoms with Crippen molar-refractivity contribution in [3.05, 3.63) is 72.1 Å². The van der Waals surface area contributed by atoms with Gasteiger partial charge in [0.1, 0.15) is 11.6 Å². The largest absolute Gasteiger partial charge is 0.573 e. The number of benzene rings is 1. The summed E-state index contributed by atoms with van der Waals surface area (Å²) in [5.41, 5.74) is 3.53. The van der Waals surface area contributed by atoms with Crippen LogP contribution in [0.3, 0.4) is 0 Å². The van der Waals surface area contributed by atoms with Crippen molar-refractivity contribution in [2.45, 2.75) is 31.5 Å². The lowest BCUT2D eigenvalue weighted by Crippen LogP contribution is -2.17. The first-order chi connectivity index (χ1) is 15.0. The summed E-state index contributed by atoms with van der Waals surface area (Å²) in [4.78, 5) is 8.83. The molecule has 0 saturated heterocycles. The lowest BCUT2D eigenvalue weighted by atomic mass is 9.87. The van der Waals surface area contributed by atoms with Gasteiger partial charge in [-0.2, -0.15) is 5.10 Å². The van der Waals surface area contributed by atoms with Crippen molar-refractivity contribution in [3.63, 3.8) is 0 Å². The van der Waals surface area contributed by atoms with Crippen LogP contribution in [-0.2, 0) is 6.42 Å². The molecule has 0 saturated carbocycles. The summed E-state index contributed by atoms with van der Waals surface area (Å²) < 4.78 is 43.2. The molecule has 1 aliphatic carbocycles. The monoisotopic (exact) mass is 426 g/mol. The Balaban J connectivity index is 1.59. The molecule has 1 atom stereocenters. The SMILES string of the molecule is FC(F)(F)Oc1ccc(-n2nc(-c3ccncc3)nc2C2CCCc3cn[nH]c32)cc1. The third kappa shape index (κ3) is 3.88. The van der Waals surface area contributed by atoms with Gasteiger partial charge in [-0.3, -0.25) is 10.1 Å². The molecule has 1 aliphatic rings. The summed E-state index contributed by atoms with van der Waals surface area (Å²) in [5.74, 6) is 0.863. The van der Waals surface area contributed by atoms with Gasteiger partial charge in [0.15, 0.2) is 5.82 Å². The molecule has 0 amide bonds. The van der Waals surface area contributed by atoms with Crippen LogP contribution in [0.25, 0.3) is 17.1 Å². The third-order valence-electron chi connectivity index (χ3n) is 5.24. The molecule has 4 aromatic rings. The molecular formula is C21H17F3N6O. The predicted molar refractivity (Wildman–Crippen MR) is 105 cm³/mol. The molecule has 5 rings (SSSR count). The van der Waals surface area contributed by atoms with E-state index in [4.69, 9.17) is 4.98 Å². The van der Waals surface area contributed by atoms with Gasteiger partial charge in [0, 0.05) is 23.7 Å². The number of aromatic amines is 1. The van der Waals surface area contributed by atoms with Crippen LogP contribution in [0.2, 0.25) is 0 Å². The number of aryl methyl sites for hydroxylation is 1. The fourth-order valence-corrected chi connectivity index (χ4v) is 3.87. The van der Waals surface area contributed by atoms with E-state index in [0.29, 0.717) is 17.3 Å². The second kappa shape index (κ2) is 7.53. The number of hydrogen-bond donors (Lipinski definition) is 1. The highest BCUT2D eigenvalue weighted by atomic mass is 19.4. The van der Waals surface area contributed by atoms with E-state index in [-0.39, 0.29) is 11.7 Å². The molecule has 1 aromatic carbocycles. The van der Waals surface area contributed by atoms with Gasteiger partial charge < -0.3 is 4.74 Å². The van der Waals surface area contributed by atoms with Crippen molar-refractivity contribution in [1.82, 2.24) is 29.9 Å². The second-order valence-electron chi connectivity index (χ2n) is 7.24. The van der Waals surface area contributed by atoms with E-state index in [1.165, 1.54) is 24.3 Å². The molecule has 0 aliphatic heterocycles. The van der Waals surface area contributed by atoms with E-state index in [1.807, 2.05) is 18.3 Å². The molecule has 0 bridgehead atoms. The summed E-state index contributed by atoms with van der Waals surface area (Å²) >= 11 is 0. The zero-order valence-corrected chi connectivity index (χ0v) is 16.2. The van der Waals surface area contributed by atoms with Crippen LogP contribution in [-0.4, -0.2) is 36.3 Å². The van der Waals surface area contributed by atoms with Crippen molar-refractivity contribution >= 4 is 0 Å². The summed E-state index contributed by atoms with van der Waals surface area (Å²) in [6.07, 6.45) is 3.19. The number of rotatable bonds is 4.